The minimum Gasteiger partial charge on any atom is -0.383 e. The first-order valence-electron chi connectivity index (χ1n) is 11.2. The van der Waals surface area contributed by atoms with Gasteiger partial charge in [0.05, 0.1) is 18.0 Å². The van der Waals surface area contributed by atoms with Crippen LogP contribution in [-0.2, 0) is 4.74 Å². The number of anilines is 1. The van der Waals surface area contributed by atoms with Gasteiger partial charge in [-0.25, -0.2) is 24.9 Å². The monoisotopic (exact) mass is 423 g/mol. The molecule has 2 saturated carbocycles. The average Bonchev–Trinajstić information content (AvgIpc) is 3.52. The first-order valence-corrected chi connectivity index (χ1v) is 11.2. The summed E-state index contributed by atoms with van der Waals surface area (Å²) >= 11 is 0. The maximum absolute atomic E-state index is 5.22. The zero-order chi connectivity index (χ0) is 21.7. The van der Waals surface area contributed by atoms with Crippen molar-refractivity contribution in [3.8, 4) is 11.4 Å². The maximum atomic E-state index is 5.22. The Balaban J connectivity index is 1.37. The Morgan fingerprint density at radius 3 is 2.52 bits per heavy atom. The second-order valence-electron chi connectivity index (χ2n) is 9.19. The van der Waals surface area contributed by atoms with Crippen LogP contribution in [-0.4, -0.2) is 58.0 Å². The van der Waals surface area contributed by atoms with Crippen LogP contribution in [0.4, 0.5) is 11.6 Å². The molecule has 8 nitrogen and oxygen atoms in total. The summed E-state index contributed by atoms with van der Waals surface area (Å²) in [4.78, 5) is 22.3. The normalized spacial score (nSPS) is 20.9. The van der Waals surface area contributed by atoms with Crippen LogP contribution in [0.3, 0.4) is 0 Å². The predicted octanol–water partition coefficient (Wildman–Crippen LogP) is 3.79. The largest absolute Gasteiger partial charge is 0.383 e. The lowest BCUT2D eigenvalue weighted by atomic mass is 9.93. The van der Waals surface area contributed by atoms with Crippen molar-refractivity contribution in [2.45, 2.75) is 64.5 Å². The first-order chi connectivity index (χ1) is 15.0. The van der Waals surface area contributed by atoms with E-state index in [9.17, 15) is 0 Å². The molecule has 31 heavy (non-hydrogen) atoms. The molecule has 2 aromatic rings. The molecule has 0 aliphatic heterocycles. The van der Waals surface area contributed by atoms with E-state index in [-0.39, 0.29) is 0 Å². The lowest BCUT2D eigenvalue weighted by molar-refractivity contribution is 0.164. The number of aromatic nitrogens is 4. The van der Waals surface area contributed by atoms with Gasteiger partial charge in [0.15, 0.2) is 5.82 Å². The van der Waals surface area contributed by atoms with Gasteiger partial charge in [0, 0.05) is 43.6 Å². The number of ether oxygens (including phenoxy) is 1. The summed E-state index contributed by atoms with van der Waals surface area (Å²) in [5.41, 5.74) is 3.16. The van der Waals surface area contributed by atoms with Crippen LogP contribution >= 0.6 is 0 Å². The highest BCUT2D eigenvalue weighted by Crippen LogP contribution is 2.44. The minimum atomic E-state index is 0.372. The van der Waals surface area contributed by atoms with Gasteiger partial charge in [0.1, 0.15) is 18.5 Å². The fraction of sp³-hybridized carbons (Fsp3) is 0.609. The third kappa shape index (κ3) is 6.27. The summed E-state index contributed by atoms with van der Waals surface area (Å²) in [5, 5.41) is 7.06. The first kappa shape index (κ1) is 21.8. The Morgan fingerprint density at radius 1 is 1.10 bits per heavy atom. The molecule has 166 valence electrons. The molecular formula is C23H33N7O. The molecule has 2 aliphatic rings. The number of aliphatic imine (C=N–C) groups is 1. The van der Waals surface area contributed by atoms with Crippen LogP contribution in [0.25, 0.3) is 11.4 Å². The smallest absolute Gasteiger partial charge is 0.155 e. The topological polar surface area (TPSA) is 97.2 Å². The summed E-state index contributed by atoms with van der Waals surface area (Å²) in [6.45, 7) is 6.13. The third-order valence-electron chi connectivity index (χ3n) is 6.15. The van der Waals surface area contributed by atoms with Gasteiger partial charge >= 0.3 is 0 Å². The molecule has 2 fully saturated rings. The lowest BCUT2D eigenvalue weighted by Gasteiger charge is -2.27. The fourth-order valence-electron chi connectivity index (χ4n) is 3.93. The van der Waals surface area contributed by atoms with Gasteiger partial charge in [-0.3, -0.25) is 0 Å². The number of rotatable bonds is 9. The Hall–Kier alpha value is -2.45. The number of hydrogen-bond acceptors (Lipinski definition) is 8. The number of methoxy groups -OCH3 is 1. The Kier molecular flexibility index (Phi) is 6.87. The van der Waals surface area contributed by atoms with Crippen molar-refractivity contribution in [1.29, 1.82) is 0 Å². The fourth-order valence-corrected chi connectivity index (χ4v) is 3.93. The van der Waals surface area contributed by atoms with Crippen molar-refractivity contribution in [1.82, 2.24) is 25.3 Å². The highest BCUT2D eigenvalue weighted by atomic mass is 16.5. The van der Waals surface area contributed by atoms with Crippen LogP contribution in [0.2, 0.25) is 0 Å². The molecule has 0 aromatic carbocycles. The van der Waals surface area contributed by atoms with Crippen molar-refractivity contribution in [3.63, 3.8) is 0 Å². The molecule has 2 heterocycles. The summed E-state index contributed by atoms with van der Waals surface area (Å²) in [7, 11) is 1.74. The van der Waals surface area contributed by atoms with Crippen molar-refractivity contribution < 1.29 is 4.74 Å². The third-order valence-corrected chi connectivity index (χ3v) is 6.15. The molecule has 2 aromatic heterocycles. The second kappa shape index (κ2) is 9.78. The minimum absolute atomic E-state index is 0.372. The molecule has 8 heteroatoms. The Labute approximate surface area is 184 Å². The molecule has 0 radical (unpaired) electrons. The van der Waals surface area contributed by atoms with Gasteiger partial charge < -0.3 is 15.4 Å². The van der Waals surface area contributed by atoms with Gasteiger partial charge in [-0.15, -0.1) is 0 Å². The molecule has 0 saturated heterocycles. The van der Waals surface area contributed by atoms with E-state index in [0.29, 0.717) is 23.3 Å². The van der Waals surface area contributed by atoms with E-state index >= 15 is 0 Å². The standard InChI is InChI=1S/C23H33N7O/c1-16(12-31-3)29-17-4-6-18(7-5-17)30-22-11-20(26-15-28-22)19-10-21(27-14-25-19)24-13-23(2)8-9-23/h10-11,14-17,29H,4-9,12-13H2,1-3H3,(H,24,25,27)/t16-,17?/m0/s1. The maximum Gasteiger partial charge on any atom is 0.155 e. The van der Waals surface area contributed by atoms with E-state index in [2.05, 4.69) is 44.4 Å². The van der Waals surface area contributed by atoms with Crippen LogP contribution in [0.15, 0.2) is 29.8 Å². The van der Waals surface area contributed by atoms with Gasteiger partial charge in [0.25, 0.3) is 0 Å². The molecule has 0 unspecified atom stereocenters. The number of nitrogens with zero attached hydrogens (tertiary/aromatic N) is 5. The highest BCUT2D eigenvalue weighted by Gasteiger charge is 2.36. The summed E-state index contributed by atoms with van der Waals surface area (Å²) < 4.78 is 5.22. The summed E-state index contributed by atoms with van der Waals surface area (Å²) in [6.07, 6.45) is 9.84. The molecule has 0 amide bonds. The van der Waals surface area contributed by atoms with Crippen molar-refractivity contribution >= 4 is 17.3 Å². The van der Waals surface area contributed by atoms with Crippen LogP contribution < -0.4 is 10.6 Å². The molecule has 2 aliphatic carbocycles. The van der Waals surface area contributed by atoms with E-state index in [1.165, 1.54) is 18.6 Å². The molecule has 1 atom stereocenters. The average molecular weight is 424 g/mol. The number of hydrogen-bond donors (Lipinski definition) is 2. The van der Waals surface area contributed by atoms with E-state index < -0.39 is 0 Å². The summed E-state index contributed by atoms with van der Waals surface area (Å²) in [5.74, 6) is 1.52. The van der Waals surface area contributed by atoms with Crippen LogP contribution in [0.5, 0.6) is 0 Å². The van der Waals surface area contributed by atoms with E-state index in [1.807, 2.05) is 12.1 Å². The van der Waals surface area contributed by atoms with E-state index in [0.717, 1.165) is 56.0 Å². The van der Waals surface area contributed by atoms with Gasteiger partial charge in [-0.05, 0) is 50.9 Å². The van der Waals surface area contributed by atoms with Gasteiger partial charge in [0.2, 0.25) is 0 Å². The highest BCUT2D eigenvalue weighted by molar-refractivity contribution is 5.87. The zero-order valence-electron chi connectivity index (χ0n) is 18.8. The molecular weight excluding hydrogens is 390 g/mol. The molecule has 4 rings (SSSR count). The van der Waals surface area contributed by atoms with Crippen LogP contribution in [0, 0.1) is 5.41 Å². The quantitative estimate of drug-likeness (QED) is 0.633. The Morgan fingerprint density at radius 2 is 1.81 bits per heavy atom. The SMILES string of the molecule is COC[C@H](C)NC1CCC(=Nc2cc(-c3cc(NCC4(C)CC4)ncn3)ncn2)CC1. The molecule has 0 spiro atoms. The summed E-state index contributed by atoms with van der Waals surface area (Å²) in [6, 6.07) is 4.75. The number of nitrogens with one attached hydrogen (secondary N) is 2. The molecule has 0 bridgehead atoms. The van der Waals surface area contributed by atoms with Crippen LogP contribution in [0.1, 0.15) is 52.4 Å². The second-order valence-corrected chi connectivity index (χ2v) is 9.19. The zero-order valence-corrected chi connectivity index (χ0v) is 18.8. The van der Waals surface area contributed by atoms with E-state index in [4.69, 9.17) is 9.73 Å². The predicted molar refractivity (Wildman–Crippen MR) is 123 cm³/mol. The lowest BCUT2D eigenvalue weighted by Crippen LogP contribution is -2.41. The molecule has 2 N–H and O–H groups in total. The van der Waals surface area contributed by atoms with Crippen molar-refractivity contribution in [3.05, 3.63) is 24.8 Å². The van der Waals surface area contributed by atoms with Crippen molar-refractivity contribution in [2.75, 3.05) is 25.6 Å². The Bertz CT molecular complexity index is 902. The van der Waals surface area contributed by atoms with Gasteiger partial charge in [-0.2, -0.15) is 0 Å². The van der Waals surface area contributed by atoms with E-state index in [1.54, 1.807) is 19.8 Å². The van der Waals surface area contributed by atoms with Gasteiger partial charge in [-0.1, -0.05) is 6.92 Å². The van der Waals surface area contributed by atoms with Crippen molar-refractivity contribution in [2.24, 2.45) is 10.4 Å².